The van der Waals surface area contributed by atoms with Crippen LogP contribution in [0.1, 0.15) is 21.5 Å². The van der Waals surface area contributed by atoms with Crippen LogP contribution in [0.3, 0.4) is 0 Å². The summed E-state index contributed by atoms with van der Waals surface area (Å²) < 4.78 is 11.3. The monoisotopic (exact) mass is 602 g/mol. The predicted molar refractivity (Wildman–Crippen MR) is 142 cm³/mol. The van der Waals surface area contributed by atoms with Crippen molar-refractivity contribution >= 4 is 74.7 Å². The Balaban J connectivity index is 1.65. The highest BCUT2D eigenvalue weighted by Crippen LogP contribution is 2.30. The molecule has 0 aliphatic carbocycles. The van der Waals surface area contributed by atoms with Crippen LogP contribution < -0.4 is 15.0 Å². The van der Waals surface area contributed by atoms with Gasteiger partial charge in [0.1, 0.15) is 17.9 Å². The predicted octanol–water partition coefficient (Wildman–Crippen LogP) is 5.79. The Morgan fingerprint density at radius 3 is 2.43 bits per heavy atom. The fourth-order valence-electron chi connectivity index (χ4n) is 3.47. The summed E-state index contributed by atoms with van der Waals surface area (Å²) in [6.45, 7) is 0.102. The molecule has 3 aromatic rings. The lowest BCUT2D eigenvalue weighted by Crippen LogP contribution is -2.54. The van der Waals surface area contributed by atoms with E-state index in [1.165, 1.54) is 37.5 Å². The second-order valence-electron chi connectivity index (χ2n) is 7.70. The summed E-state index contributed by atoms with van der Waals surface area (Å²) >= 11 is 15.6. The van der Waals surface area contributed by atoms with E-state index < -0.39 is 23.8 Å². The van der Waals surface area contributed by atoms with Gasteiger partial charge in [-0.2, -0.15) is 0 Å². The lowest BCUT2D eigenvalue weighted by molar-refractivity contribution is -0.122. The molecule has 4 amide bonds. The molecule has 1 aliphatic rings. The van der Waals surface area contributed by atoms with Gasteiger partial charge in [0.2, 0.25) is 0 Å². The zero-order valence-electron chi connectivity index (χ0n) is 19.1. The smallest absolute Gasteiger partial charge is 0.337 e. The maximum atomic E-state index is 13.3. The largest absolute Gasteiger partial charge is 0.488 e. The second kappa shape index (κ2) is 11.2. The van der Waals surface area contributed by atoms with Gasteiger partial charge >= 0.3 is 12.0 Å². The summed E-state index contributed by atoms with van der Waals surface area (Å²) in [5.41, 5.74) is 1.21. The average molecular weight is 604 g/mol. The number of hydrogen-bond acceptors (Lipinski definition) is 6. The van der Waals surface area contributed by atoms with Crippen LogP contribution in [-0.2, 0) is 20.9 Å². The molecule has 3 aromatic carbocycles. The summed E-state index contributed by atoms with van der Waals surface area (Å²) in [5.74, 6) is -1.90. The van der Waals surface area contributed by atoms with Crippen LogP contribution >= 0.6 is 39.1 Å². The number of carbonyl (C=O) groups excluding carboxylic acids is 4. The molecule has 188 valence electrons. The number of urea groups is 1. The number of carbonyl (C=O) groups is 4. The van der Waals surface area contributed by atoms with Crippen LogP contribution in [0.15, 0.2) is 70.7 Å². The van der Waals surface area contributed by atoms with Crippen molar-refractivity contribution in [3.05, 3.63) is 97.4 Å². The Kier molecular flexibility index (Phi) is 7.97. The van der Waals surface area contributed by atoms with Crippen molar-refractivity contribution in [2.75, 3.05) is 12.0 Å². The van der Waals surface area contributed by atoms with E-state index in [0.717, 1.165) is 4.90 Å². The van der Waals surface area contributed by atoms with E-state index in [1.807, 2.05) is 0 Å². The van der Waals surface area contributed by atoms with E-state index >= 15 is 0 Å². The normalized spacial score (nSPS) is 14.5. The van der Waals surface area contributed by atoms with E-state index in [-0.39, 0.29) is 23.4 Å². The van der Waals surface area contributed by atoms with Crippen molar-refractivity contribution in [1.82, 2.24) is 5.32 Å². The second-order valence-corrected chi connectivity index (χ2v) is 9.46. The maximum absolute atomic E-state index is 13.3. The first-order valence-corrected chi connectivity index (χ1v) is 12.2. The third kappa shape index (κ3) is 5.85. The van der Waals surface area contributed by atoms with Gasteiger partial charge in [0.25, 0.3) is 11.8 Å². The van der Waals surface area contributed by atoms with Crippen LogP contribution in [0.5, 0.6) is 5.75 Å². The van der Waals surface area contributed by atoms with E-state index in [2.05, 4.69) is 26.0 Å². The molecule has 1 fully saturated rings. The Bertz CT molecular complexity index is 1460. The highest BCUT2D eigenvalue weighted by atomic mass is 79.9. The summed E-state index contributed by atoms with van der Waals surface area (Å²) in [6, 6.07) is 14.8. The summed E-state index contributed by atoms with van der Waals surface area (Å²) in [7, 11) is 1.24. The zero-order valence-corrected chi connectivity index (χ0v) is 22.2. The number of methoxy groups -OCH3 is 1. The van der Waals surface area contributed by atoms with Gasteiger partial charge in [0.05, 0.1) is 18.4 Å². The molecule has 4 rings (SSSR count). The fourth-order valence-corrected chi connectivity index (χ4v) is 4.31. The molecule has 8 nitrogen and oxygen atoms in total. The van der Waals surface area contributed by atoms with E-state index in [1.54, 1.807) is 36.4 Å². The number of rotatable bonds is 6. The van der Waals surface area contributed by atoms with E-state index in [0.29, 0.717) is 31.4 Å². The Morgan fingerprint density at radius 1 is 1.03 bits per heavy atom. The summed E-state index contributed by atoms with van der Waals surface area (Å²) in [4.78, 5) is 51.0. The minimum Gasteiger partial charge on any atom is -0.488 e. The first kappa shape index (κ1) is 26.4. The number of ether oxygens (including phenoxy) is 2. The van der Waals surface area contributed by atoms with Crippen molar-refractivity contribution in [3.8, 4) is 5.75 Å². The molecule has 0 spiro atoms. The maximum Gasteiger partial charge on any atom is 0.337 e. The highest BCUT2D eigenvalue weighted by Gasteiger charge is 2.37. The van der Waals surface area contributed by atoms with E-state index in [9.17, 15) is 19.2 Å². The Morgan fingerprint density at radius 2 is 1.76 bits per heavy atom. The average Bonchev–Trinajstić information content (AvgIpc) is 2.86. The molecule has 1 saturated heterocycles. The number of nitrogens with one attached hydrogen (secondary N) is 1. The van der Waals surface area contributed by atoms with Crippen LogP contribution in [0, 0.1) is 0 Å². The van der Waals surface area contributed by atoms with Gasteiger partial charge in [-0.05, 0) is 60.7 Å². The SMILES string of the molecule is COC(=O)c1ccc(N2C(=O)NC(=O)/C(=C\c3cc(Br)ccc3OCc3ccc(Cl)cc3Cl)C2=O)cc1. The number of esters is 1. The number of anilines is 1. The molecule has 37 heavy (non-hydrogen) atoms. The molecule has 0 bridgehead atoms. The number of benzene rings is 3. The summed E-state index contributed by atoms with van der Waals surface area (Å²) in [5, 5.41) is 3.09. The van der Waals surface area contributed by atoms with Crippen molar-refractivity contribution in [1.29, 1.82) is 0 Å². The number of barbiturate groups is 1. The molecule has 0 aromatic heterocycles. The van der Waals surface area contributed by atoms with Gasteiger partial charge < -0.3 is 9.47 Å². The first-order chi connectivity index (χ1) is 17.7. The van der Waals surface area contributed by atoms with Crippen molar-refractivity contribution < 1.29 is 28.7 Å². The van der Waals surface area contributed by atoms with Crippen LogP contribution in [0.25, 0.3) is 6.08 Å². The molecule has 1 N–H and O–H groups in total. The highest BCUT2D eigenvalue weighted by molar-refractivity contribution is 9.10. The minimum atomic E-state index is -0.916. The standard InChI is InChI=1S/C26H17BrCl2N2O6/c1-36-25(34)14-3-7-19(8-4-14)31-24(33)20(23(32)30-26(31)35)11-16-10-17(27)5-9-22(16)37-13-15-2-6-18(28)12-21(15)29/h2-12H,13H2,1H3,(H,30,32,35)/b20-11+. The van der Waals surface area contributed by atoms with Crippen molar-refractivity contribution in [3.63, 3.8) is 0 Å². The number of nitrogens with zero attached hydrogens (tertiary/aromatic N) is 1. The molecular formula is C26H17BrCl2N2O6. The van der Waals surface area contributed by atoms with Crippen LogP contribution in [0.2, 0.25) is 10.0 Å². The molecule has 0 saturated carbocycles. The van der Waals surface area contributed by atoms with Gasteiger partial charge in [-0.1, -0.05) is 45.2 Å². The number of hydrogen-bond donors (Lipinski definition) is 1. The quantitative estimate of drug-likeness (QED) is 0.217. The lowest BCUT2D eigenvalue weighted by atomic mass is 10.1. The fraction of sp³-hybridized carbons (Fsp3) is 0.0769. The molecule has 1 heterocycles. The third-order valence-corrected chi connectivity index (χ3v) is 6.40. The van der Waals surface area contributed by atoms with Crippen LogP contribution in [-0.4, -0.2) is 30.9 Å². The van der Waals surface area contributed by atoms with Gasteiger partial charge in [0, 0.05) is 25.6 Å². The van der Waals surface area contributed by atoms with Gasteiger partial charge in [-0.15, -0.1) is 0 Å². The van der Waals surface area contributed by atoms with Gasteiger partial charge in [-0.25, -0.2) is 14.5 Å². The molecule has 11 heteroatoms. The molecule has 0 atom stereocenters. The van der Waals surface area contributed by atoms with Crippen molar-refractivity contribution in [2.24, 2.45) is 0 Å². The first-order valence-electron chi connectivity index (χ1n) is 10.6. The Hall–Kier alpha value is -3.66. The zero-order chi connectivity index (χ0) is 26.7. The summed E-state index contributed by atoms with van der Waals surface area (Å²) in [6.07, 6.45) is 1.34. The minimum absolute atomic E-state index is 0.102. The molecular weight excluding hydrogens is 587 g/mol. The lowest BCUT2D eigenvalue weighted by Gasteiger charge is -2.26. The third-order valence-electron chi connectivity index (χ3n) is 5.32. The Labute approximate surface area is 229 Å². The van der Waals surface area contributed by atoms with Crippen LogP contribution in [0.4, 0.5) is 10.5 Å². The molecule has 0 radical (unpaired) electrons. The number of amides is 4. The molecule has 1 aliphatic heterocycles. The molecule has 0 unspecified atom stereocenters. The van der Waals surface area contributed by atoms with Gasteiger partial charge in [-0.3, -0.25) is 14.9 Å². The number of halogens is 3. The van der Waals surface area contributed by atoms with Gasteiger partial charge in [0.15, 0.2) is 0 Å². The van der Waals surface area contributed by atoms with Crippen molar-refractivity contribution in [2.45, 2.75) is 6.61 Å². The van der Waals surface area contributed by atoms with E-state index in [4.69, 9.17) is 27.9 Å². The topological polar surface area (TPSA) is 102 Å². The number of imide groups is 2.